The van der Waals surface area contributed by atoms with Gasteiger partial charge in [-0.05, 0) is 111 Å². The summed E-state index contributed by atoms with van der Waals surface area (Å²) in [6.45, 7) is 15.4. The third-order valence-electron chi connectivity index (χ3n) is 9.74. The molecule has 2 aliphatic heterocycles. The van der Waals surface area contributed by atoms with Crippen molar-refractivity contribution in [2.24, 2.45) is 11.8 Å². The second kappa shape index (κ2) is 9.06. The SMILES string of the molecule is CC(C)(c1ccccc1C(C)(C)C1CCC[C]1N1CCCC1)C1CCC[C]1N1CCCC1. The monoisotopic (exact) mass is 434 g/mol. The van der Waals surface area contributed by atoms with E-state index in [4.69, 9.17) is 0 Å². The van der Waals surface area contributed by atoms with Crippen LogP contribution in [0.5, 0.6) is 0 Å². The molecule has 2 saturated heterocycles. The Hall–Kier alpha value is -0.860. The number of benzene rings is 1. The Morgan fingerprint density at radius 1 is 0.594 bits per heavy atom. The van der Waals surface area contributed by atoms with E-state index in [2.05, 4.69) is 61.8 Å². The predicted octanol–water partition coefficient (Wildman–Crippen LogP) is 7.10. The predicted molar refractivity (Wildman–Crippen MR) is 135 cm³/mol. The summed E-state index contributed by atoms with van der Waals surface area (Å²) >= 11 is 0. The molecule has 5 rings (SSSR count). The molecule has 2 radical (unpaired) electrons. The highest BCUT2D eigenvalue weighted by Gasteiger charge is 2.48. The van der Waals surface area contributed by atoms with Crippen molar-refractivity contribution in [3.63, 3.8) is 0 Å². The molecule has 2 atom stereocenters. The van der Waals surface area contributed by atoms with Gasteiger partial charge in [0.25, 0.3) is 0 Å². The maximum absolute atomic E-state index is 2.77. The number of likely N-dealkylation sites (tertiary alicyclic amines) is 2. The fourth-order valence-corrected chi connectivity index (χ4v) is 7.96. The van der Waals surface area contributed by atoms with Crippen LogP contribution in [0.15, 0.2) is 24.3 Å². The smallest absolute Gasteiger partial charge is 0.0432 e. The summed E-state index contributed by atoms with van der Waals surface area (Å²) in [6.07, 6.45) is 13.7. The highest BCUT2D eigenvalue weighted by Crippen LogP contribution is 2.54. The van der Waals surface area contributed by atoms with E-state index in [1.165, 1.54) is 90.4 Å². The minimum atomic E-state index is 0.189. The summed E-state index contributed by atoms with van der Waals surface area (Å²) in [5.41, 5.74) is 3.63. The van der Waals surface area contributed by atoms with Gasteiger partial charge in [-0.3, -0.25) is 9.80 Å². The largest absolute Gasteiger partial charge is 0.295 e. The number of hydrogen-bond acceptors (Lipinski definition) is 2. The van der Waals surface area contributed by atoms with Crippen LogP contribution in [0, 0.1) is 23.9 Å². The van der Waals surface area contributed by atoms with E-state index < -0.39 is 0 Å². The molecule has 2 heteroatoms. The molecule has 2 heterocycles. The zero-order valence-corrected chi connectivity index (χ0v) is 21.3. The Morgan fingerprint density at radius 3 is 1.34 bits per heavy atom. The third-order valence-corrected chi connectivity index (χ3v) is 9.74. The van der Waals surface area contributed by atoms with Gasteiger partial charge >= 0.3 is 0 Å². The van der Waals surface area contributed by atoms with Gasteiger partial charge in [0.1, 0.15) is 0 Å². The van der Waals surface area contributed by atoms with Crippen molar-refractivity contribution >= 4 is 0 Å². The Labute approximate surface area is 198 Å². The summed E-state index contributed by atoms with van der Waals surface area (Å²) in [6, 6.07) is 13.2. The maximum atomic E-state index is 2.77. The van der Waals surface area contributed by atoms with Gasteiger partial charge in [0.05, 0.1) is 0 Å². The lowest BCUT2D eigenvalue weighted by Gasteiger charge is -2.45. The van der Waals surface area contributed by atoms with Crippen LogP contribution in [0.4, 0.5) is 0 Å². The Morgan fingerprint density at radius 2 is 0.969 bits per heavy atom. The van der Waals surface area contributed by atoms with Crippen molar-refractivity contribution in [2.75, 3.05) is 26.2 Å². The molecule has 0 amide bonds. The molecule has 2 nitrogen and oxygen atoms in total. The summed E-state index contributed by atoms with van der Waals surface area (Å²) < 4.78 is 0. The normalized spacial score (nSPS) is 29.5. The third kappa shape index (κ3) is 3.98. The molecule has 32 heavy (non-hydrogen) atoms. The fourth-order valence-electron chi connectivity index (χ4n) is 7.96. The first-order chi connectivity index (χ1) is 15.4. The van der Waals surface area contributed by atoms with Crippen LogP contribution in [-0.4, -0.2) is 36.0 Å². The Balaban J connectivity index is 1.46. The van der Waals surface area contributed by atoms with Crippen LogP contribution in [0.25, 0.3) is 0 Å². The van der Waals surface area contributed by atoms with Gasteiger partial charge in [-0.15, -0.1) is 0 Å². The molecule has 2 saturated carbocycles. The average Bonchev–Trinajstić information content (AvgIpc) is 3.58. The second-order valence-electron chi connectivity index (χ2n) is 12.2. The summed E-state index contributed by atoms with van der Waals surface area (Å²) in [7, 11) is 0. The molecule has 4 aliphatic rings. The first-order valence-corrected chi connectivity index (χ1v) is 13.7. The van der Waals surface area contributed by atoms with Gasteiger partial charge in [0.15, 0.2) is 0 Å². The number of rotatable bonds is 6. The maximum Gasteiger partial charge on any atom is 0.0432 e. The van der Waals surface area contributed by atoms with Crippen molar-refractivity contribution in [3.05, 3.63) is 47.5 Å². The van der Waals surface area contributed by atoms with Crippen LogP contribution in [-0.2, 0) is 10.8 Å². The van der Waals surface area contributed by atoms with E-state index in [1.807, 2.05) is 0 Å². The average molecular weight is 435 g/mol. The molecule has 1 aromatic rings. The molecule has 0 N–H and O–H groups in total. The number of hydrogen-bond donors (Lipinski definition) is 0. The van der Waals surface area contributed by atoms with Crippen molar-refractivity contribution in [2.45, 2.75) is 103 Å². The summed E-state index contributed by atoms with van der Waals surface area (Å²) in [4.78, 5) is 5.53. The van der Waals surface area contributed by atoms with E-state index in [9.17, 15) is 0 Å². The lowest BCUT2D eigenvalue weighted by Crippen LogP contribution is -2.42. The number of nitrogens with zero attached hydrogens (tertiary/aromatic N) is 2. The Bertz CT molecular complexity index is 704. The standard InChI is InChI=1S/C30H46N2/c1-29(2,25-15-11-17-27(25)31-19-7-8-20-31)23-13-5-6-14-24(23)30(3,4)26-16-12-18-28(26)32-21-9-10-22-32/h5-6,13-14,25-26H,7-12,15-22H2,1-4H3. The fraction of sp³-hybridized carbons (Fsp3) is 0.733. The lowest BCUT2D eigenvalue weighted by atomic mass is 9.62. The van der Waals surface area contributed by atoms with E-state index >= 15 is 0 Å². The van der Waals surface area contributed by atoms with Crippen molar-refractivity contribution < 1.29 is 0 Å². The first kappa shape index (κ1) is 22.9. The van der Waals surface area contributed by atoms with E-state index in [1.54, 1.807) is 23.2 Å². The molecule has 176 valence electrons. The second-order valence-corrected chi connectivity index (χ2v) is 12.2. The van der Waals surface area contributed by atoms with Gasteiger partial charge in [-0.25, -0.2) is 0 Å². The molecule has 0 spiro atoms. The van der Waals surface area contributed by atoms with E-state index in [0.29, 0.717) is 11.8 Å². The quantitative estimate of drug-likeness (QED) is 0.471. The van der Waals surface area contributed by atoms with Gasteiger partial charge in [-0.1, -0.05) is 64.8 Å². The molecule has 4 fully saturated rings. The minimum absolute atomic E-state index is 0.189. The molecule has 0 aromatic heterocycles. The van der Waals surface area contributed by atoms with Gasteiger partial charge in [0, 0.05) is 12.1 Å². The zero-order chi connectivity index (χ0) is 22.3. The first-order valence-electron chi connectivity index (χ1n) is 13.7. The lowest BCUT2D eigenvalue weighted by molar-refractivity contribution is 0.215. The molecular weight excluding hydrogens is 388 g/mol. The van der Waals surface area contributed by atoms with Crippen LogP contribution in [0.2, 0.25) is 0 Å². The van der Waals surface area contributed by atoms with Crippen molar-refractivity contribution in [1.29, 1.82) is 0 Å². The molecular formula is C30H46N2. The van der Waals surface area contributed by atoms with Gasteiger partial charge in [0.2, 0.25) is 0 Å². The highest BCUT2D eigenvalue weighted by atomic mass is 15.2. The van der Waals surface area contributed by atoms with Crippen molar-refractivity contribution in [1.82, 2.24) is 9.80 Å². The van der Waals surface area contributed by atoms with Crippen LogP contribution < -0.4 is 0 Å². The van der Waals surface area contributed by atoms with Crippen LogP contribution in [0.3, 0.4) is 0 Å². The minimum Gasteiger partial charge on any atom is -0.295 e. The van der Waals surface area contributed by atoms with Gasteiger partial charge in [-0.2, -0.15) is 0 Å². The molecule has 0 bridgehead atoms. The highest BCUT2D eigenvalue weighted by molar-refractivity contribution is 5.42. The van der Waals surface area contributed by atoms with Crippen LogP contribution in [0.1, 0.15) is 103 Å². The molecule has 1 aromatic carbocycles. The Kier molecular flexibility index (Phi) is 6.49. The molecule has 2 unspecified atom stereocenters. The summed E-state index contributed by atoms with van der Waals surface area (Å²) in [5.74, 6) is 1.39. The topological polar surface area (TPSA) is 6.48 Å². The molecule has 2 aliphatic carbocycles. The summed E-state index contributed by atoms with van der Waals surface area (Å²) in [5, 5.41) is 0. The zero-order valence-electron chi connectivity index (χ0n) is 21.3. The van der Waals surface area contributed by atoms with E-state index in [0.717, 1.165) is 0 Å². The van der Waals surface area contributed by atoms with Crippen molar-refractivity contribution in [3.8, 4) is 0 Å². The van der Waals surface area contributed by atoms with Gasteiger partial charge < -0.3 is 0 Å². The van der Waals surface area contributed by atoms with Crippen LogP contribution >= 0.6 is 0 Å². The van der Waals surface area contributed by atoms with E-state index in [-0.39, 0.29) is 10.8 Å².